The summed E-state index contributed by atoms with van der Waals surface area (Å²) in [5, 5.41) is 2.43. The Morgan fingerprint density at radius 1 is 1.08 bits per heavy atom. The predicted octanol–water partition coefficient (Wildman–Crippen LogP) is 4.53. The zero-order valence-electron chi connectivity index (χ0n) is 20.6. The molecule has 4 aromatic rings. The van der Waals surface area contributed by atoms with E-state index in [0.29, 0.717) is 10.7 Å². The van der Waals surface area contributed by atoms with Crippen LogP contribution in [-0.4, -0.2) is 55.5 Å². The molecule has 190 valence electrons. The largest absolute Gasteiger partial charge is 0.443 e. The van der Waals surface area contributed by atoms with Gasteiger partial charge in [-0.25, -0.2) is 14.8 Å². The topological polar surface area (TPSA) is 101 Å². The number of carbonyl (C=O) groups excluding carboxylic acids is 2. The van der Waals surface area contributed by atoms with Gasteiger partial charge in [-0.3, -0.25) is 14.8 Å². The van der Waals surface area contributed by atoms with Crippen LogP contribution in [0.2, 0.25) is 5.02 Å². The van der Waals surface area contributed by atoms with Gasteiger partial charge >= 0.3 is 6.09 Å². The molecular weight excluding hydrogens is 504 g/mol. The van der Waals surface area contributed by atoms with E-state index in [-0.39, 0.29) is 37.2 Å². The molecule has 3 aliphatic rings. The van der Waals surface area contributed by atoms with Crippen molar-refractivity contribution >= 4 is 40.1 Å². The van der Waals surface area contributed by atoms with Gasteiger partial charge in [-0.05, 0) is 48.9 Å². The van der Waals surface area contributed by atoms with Crippen molar-refractivity contribution in [3.8, 4) is 11.1 Å². The Bertz CT molecular complexity index is 1620. The van der Waals surface area contributed by atoms with Crippen LogP contribution in [0.15, 0.2) is 61.6 Å². The van der Waals surface area contributed by atoms with Crippen LogP contribution in [-0.2, 0) is 21.5 Å². The number of carbonyl (C=O) groups is 2. The number of aromatic nitrogens is 4. The lowest BCUT2D eigenvalue weighted by Crippen LogP contribution is -2.65. The van der Waals surface area contributed by atoms with Gasteiger partial charge in [0.2, 0.25) is 5.91 Å². The quantitative estimate of drug-likeness (QED) is 0.385. The van der Waals surface area contributed by atoms with Gasteiger partial charge in [0.25, 0.3) is 0 Å². The number of fused-ring (bicyclic) bond motifs is 3. The summed E-state index contributed by atoms with van der Waals surface area (Å²) in [6.07, 6.45) is 11.5. The summed E-state index contributed by atoms with van der Waals surface area (Å²) in [5.41, 5.74) is 2.76. The van der Waals surface area contributed by atoms with E-state index in [4.69, 9.17) is 21.3 Å². The van der Waals surface area contributed by atoms with E-state index in [9.17, 15) is 9.59 Å². The van der Waals surface area contributed by atoms with E-state index >= 15 is 0 Å². The summed E-state index contributed by atoms with van der Waals surface area (Å²) in [4.78, 5) is 47.6. The van der Waals surface area contributed by atoms with E-state index in [2.05, 4.69) is 15.0 Å². The van der Waals surface area contributed by atoms with Crippen LogP contribution in [0, 0.1) is 0 Å². The van der Waals surface area contributed by atoms with Gasteiger partial charge < -0.3 is 14.5 Å². The first kappa shape index (κ1) is 23.0. The maximum Gasteiger partial charge on any atom is 0.410 e. The maximum absolute atomic E-state index is 14.0. The van der Waals surface area contributed by atoms with Crippen molar-refractivity contribution in [1.82, 2.24) is 24.8 Å². The molecule has 1 aliphatic carbocycles. The fourth-order valence-electron chi connectivity index (χ4n) is 5.49. The molecule has 2 aliphatic heterocycles. The van der Waals surface area contributed by atoms with Crippen molar-refractivity contribution in [2.45, 2.75) is 37.3 Å². The predicted molar refractivity (Wildman–Crippen MR) is 141 cm³/mol. The normalized spacial score (nSPS) is 18.4. The first-order valence-electron chi connectivity index (χ1n) is 12.4. The number of ether oxygens (including phenoxy) is 1. The molecule has 0 unspecified atom stereocenters. The summed E-state index contributed by atoms with van der Waals surface area (Å²) < 4.78 is 5.63. The smallest absolute Gasteiger partial charge is 0.410 e. The van der Waals surface area contributed by atoms with Gasteiger partial charge in [0.1, 0.15) is 17.3 Å². The standard InChI is InChI=1S/C28H23ClN6O3/c1-27(5-6-27)38-26(37)34-14-28(15-34)21-4-7-30-12-23(21)35(25(28)36)13-22-24(18-9-31-16-32-10-18)20-3-2-19(29)8-17(20)11-33-22/h2-4,7-12,16H,5-6,13-15H2,1H3. The van der Waals surface area contributed by atoms with Gasteiger partial charge in [0.15, 0.2) is 0 Å². The number of halogens is 1. The van der Waals surface area contributed by atoms with Crippen LogP contribution in [0.3, 0.4) is 0 Å². The second-order valence-corrected chi connectivity index (χ2v) is 10.9. The SMILES string of the molecule is CC1(OC(=O)N2CC3(C2)C(=O)N(Cc2ncc4cc(Cl)ccc4c2-c2cncnc2)c2cnccc23)CC1. The summed E-state index contributed by atoms with van der Waals surface area (Å²) in [5.74, 6) is -0.0737. The highest BCUT2D eigenvalue weighted by molar-refractivity contribution is 6.31. The van der Waals surface area contributed by atoms with Gasteiger partial charge in [0, 0.05) is 59.4 Å². The average Bonchev–Trinajstić information content (AvgIpc) is 3.57. The molecule has 0 bridgehead atoms. The third kappa shape index (κ3) is 3.53. The number of anilines is 1. The van der Waals surface area contributed by atoms with Crippen molar-refractivity contribution in [1.29, 1.82) is 0 Å². The molecule has 1 spiro atoms. The first-order valence-corrected chi connectivity index (χ1v) is 12.8. The Morgan fingerprint density at radius 3 is 2.63 bits per heavy atom. The maximum atomic E-state index is 14.0. The van der Waals surface area contributed by atoms with Gasteiger partial charge in [-0.1, -0.05) is 17.7 Å². The van der Waals surface area contributed by atoms with Crippen LogP contribution in [0.5, 0.6) is 0 Å². The molecule has 10 heteroatoms. The third-order valence-electron chi connectivity index (χ3n) is 7.82. The molecule has 1 aromatic carbocycles. The lowest BCUT2D eigenvalue weighted by atomic mass is 9.75. The fourth-order valence-corrected chi connectivity index (χ4v) is 5.68. The molecule has 0 atom stereocenters. The first-order chi connectivity index (χ1) is 18.4. The van der Waals surface area contributed by atoms with Crippen LogP contribution in [0.25, 0.3) is 21.9 Å². The number of rotatable bonds is 4. The molecule has 7 rings (SSSR count). The average molecular weight is 527 g/mol. The minimum Gasteiger partial charge on any atom is -0.443 e. The highest BCUT2D eigenvalue weighted by Crippen LogP contribution is 2.49. The number of hydrogen-bond donors (Lipinski definition) is 0. The minimum absolute atomic E-state index is 0.0737. The summed E-state index contributed by atoms with van der Waals surface area (Å²) in [6.45, 7) is 2.71. The Balaban J connectivity index is 1.25. The lowest BCUT2D eigenvalue weighted by Gasteiger charge is -2.46. The molecule has 3 aromatic heterocycles. The Labute approximate surface area is 223 Å². The van der Waals surface area contributed by atoms with Crippen molar-refractivity contribution < 1.29 is 14.3 Å². The number of likely N-dealkylation sites (tertiary alicyclic amines) is 1. The lowest BCUT2D eigenvalue weighted by molar-refractivity contribution is -0.128. The molecule has 5 heterocycles. The van der Waals surface area contributed by atoms with Gasteiger partial charge in [-0.15, -0.1) is 0 Å². The van der Waals surface area contributed by atoms with Gasteiger partial charge in [0.05, 0.1) is 24.1 Å². The molecule has 2 amide bonds. The van der Waals surface area contributed by atoms with Gasteiger partial charge in [-0.2, -0.15) is 0 Å². The Morgan fingerprint density at radius 2 is 1.87 bits per heavy atom. The Hall–Kier alpha value is -4.11. The van der Waals surface area contributed by atoms with Crippen LogP contribution in [0.4, 0.5) is 10.5 Å². The molecule has 38 heavy (non-hydrogen) atoms. The number of hydrogen-bond acceptors (Lipinski definition) is 7. The monoisotopic (exact) mass is 526 g/mol. The molecule has 0 N–H and O–H groups in total. The van der Waals surface area contributed by atoms with Crippen LogP contribution >= 0.6 is 11.6 Å². The Kier molecular flexibility index (Phi) is 4.97. The van der Waals surface area contributed by atoms with Crippen LogP contribution < -0.4 is 4.90 Å². The summed E-state index contributed by atoms with van der Waals surface area (Å²) >= 11 is 6.25. The van der Waals surface area contributed by atoms with Crippen molar-refractivity contribution in [3.05, 3.63) is 77.9 Å². The van der Waals surface area contributed by atoms with E-state index in [0.717, 1.165) is 46.0 Å². The molecular formula is C28H23ClN6O3. The van der Waals surface area contributed by atoms with Crippen LogP contribution in [0.1, 0.15) is 31.0 Å². The number of amides is 2. The second kappa shape index (κ2) is 8.19. The minimum atomic E-state index is -0.817. The highest BCUT2D eigenvalue weighted by atomic mass is 35.5. The number of benzene rings is 1. The molecule has 1 saturated carbocycles. The highest BCUT2D eigenvalue weighted by Gasteiger charge is 2.60. The van der Waals surface area contributed by atoms with Crippen molar-refractivity contribution in [2.75, 3.05) is 18.0 Å². The molecule has 0 radical (unpaired) electrons. The molecule has 1 saturated heterocycles. The fraction of sp³-hybridized carbons (Fsp3) is 0.286. The molecule has 2 fully saturated rings. The van der Waals surface area contributed by atoms with Crippen molar-refractivity contribution in [2.24, 2.45) is 0 Å². The third-order valence-corrected chi connectivity index (χ3v) is 8.05. The number of nitrogens with zero attached hydrogens (tertiary/aromatic N) is 6. The zero-order chi connectivity index (χ0) is 26.1. The summed E-state index contributed by atoms with van der Waals surface area (Å²) in [6, 6.07) is 7.52. The van der Waals surface area contributed by atoms with E-state index < -0.39 is 5.41 Å². The van der Waals surface area contributed by atoms with Crippen molar-refractivity contribution in [3.63, 3.8) is 0 Å². The van der Waals surface area contributed by atoms with E-state index in [1.807, 2.05) is 31.2 Å². The van der Waals surface area contributed by atoms with E-state index in [1.165, 1.54) is 6.33 Å². The summed E-state index contributed by atoms with van der Waals surface area (Å²) in [7, 11) is 0. The second-order valence-electron chi connectivity index (χ2n) is 10.5. The van der Waals surface area contributed by atoms with E-state index in [1.54, 1.807) is 40.8 Å². The zero-order valence-corrected chi connectivity index (χ0v) is 21.4. The molecule has 9 nitrogen and oxygen atoms in total. The number of pyridine rings is 2.